The van der Waals surface area contributed by atoms with E-state index < -0.39 is 0 Å². The third-order valence-electron chi connectivity index (χ3n) is 3.50. The van der Waals surface area contributed by atoms with E-state index in [1.807, 2.05) is 30.3 Å². The highest BCUT2D eigenvalue weighted by Crippen LogP contribution is 2.21. The van der Waals surface area contributed by atoms with Crippen LogP contribution in [-0.2, 0) is 13.2 Å². The molecule has 0 spiro atoms. The minimum absolute atomic E-state index is 0.411. The summed E-state index contributed by atoms with van der Waals surface area (Å²) in [4.78, 5) is 0. The third kappa shape index (κ3) is 5.89. The van der Waals surface area contributed by atoms with Crippen LogP contribution in [0, 0.1) is 17.2 Å². The molecule has 2 rings (SSSR count). The Kier molecular flexibility index (Phi) is 7.63. The molecule has 128 valence electrons. The van der Waals surface area contributed by atoms with Crippen molar-refractivity contribution in [2.75, 3.05) is 5.75 Å². The van der Waals surface area contributed by atoms with Gasteiger partial charge in [0.05, 0.1) is 6.07 Å². The van der Waals surface area contributed by atoms with Crippen molar-refractivity contribution in [2.45, 2.75) is 51.4 Å². The number of aromatic nitrogens is 3. The Labute approximate surface area is 148 Å². The summed E-state index contributed by atoms with van der Waals surface area (Å²) < 4.78 is 7.97. The number of rotatable bonds is 10. The molecule has 0 amide bonds. The molecule has 0 atom stereocenters. The van der Waals surface area contributed by atoms with E-state index in [0.717, 1.165) is 41.9 Å². The van der Waals surface area contributed by atoms with Gasteiger partial charge in [-0.05, 0) is 30.9 Å². The number of benzene rings is 1. The monoisotopic (exact) mass is 344 g/mol. The Bertz CT molecular complexity index is 649. The third-order valence-corrected chi connectivity index (χ3v) is 4.55. The van der Waals surface area contributed by atoms with Gasteiger partial charge in [-0.3, -0.25) is 0 Å². The van der Waals surface area contributed by atoms with E-state index in [2.05, 4.69) is 34.7 Å². The Morgan fingerprint density at radius 2 is 2.04 bits per heavy atom. The second-order valence-corrected chi connectivity index (χ2v) is 7.01. The van der Waals surface area contributed by atoms with Gasteiger partial charge in [0.15, 0.2) is 11.0 Å². The maximum atomic E-state index is 8.64. The maximum Gasteiger partial charge on any atom is 0.191 e. The van der Waals surface area contributed by atoms with Crippen molar-refractivity contribution in [1.82, 2.24) is 14.8 Å². The lowest BCUT2D eigenvalue weighted by Crippen LogP contribution is -2.10. The van der Waals surface area contributed by atoms with Crippen LogP contribution >= 0.6 is 11.8 Å². The molecular formula is C18H24N4OS. The molecule has 0 N–H and O–H groups in total. The molecule has 0 fully saturated rings. The fraction of sp³-hybridized carbons (Fsp3) is 0.500. The highest BCUT2D eigenvalue weighted by atomic mass is 32.2. The quantitative estimate of drug-likeness (QED) is 0.475. The van der Waals surface area contributed by atoms with Gasteiger partial charge in [-0.1, -0.05) is 43.8 Å². The molecule has 0 aliphatic heterocycles. The molecule has 0 radical (unpaired) electrons. The maximum absolute atomic E-state index is 8.64. The van der Waals surface area contributed by atoms with Gasteiger partial charge >= 0.3 is 0 Å². The summed E-state index contributed by atoms with van der Waals surface area (Å²) in [6.07, 6.45) is 2.52. The van der Waals surface area contributed by atoms with Gasteiger partial charge in [0, 0.05) is 18.7 Å². The fourth-order valence-electron chi connectivity index (χ4n) is 2.12. The molecule has 0 saturated heterocycles. The van der Waals surface area contributed by atoms with Gasteiger partial charge in [-0.15, -0.1) is 10.2 Å². The summed E-state index contributed by atoms with van der Waals surface area (Å²) in [5.41, 5.74) is 0. The number of para-hydroxylation sites is 1. The van der Waals surface area contributed by atoms with Crippen molar-refractivity contribution >= 4 is 11.8 Å². The Balaban J connectivity index is 2.02. The molecule has 5 nitrogen and oxygen atoms in total. The molecule has 0 saturated carbocycles. The van der Waals surface area contributed by atoms with Crippen LogP contribution < -0.4 is 4.74 Å². The van der Waals surface area contributed by atoms with E-state index in [9.17, 15) is 0 Å². The molecule has 24 heavy (non-hydrogen) atoms. The van der Waals surface area contributed by atoms with Crippen LogP contribution in [0.4, 0.5) is 0 Å². The first-order valence-electron chi connectivity index (χ1n) is 8.30. The molecule has 1 heterocycles. The zero-order valence-electron chi connectivity index (χ0n) is 14.3. The van der Waals surface area contributed by atoms with E-state index in [4.69, 9.17) is 10.00 Å². The Morgan fingerprint density at radius 1 is 1.25 bits per heavy atom. The van der Waals surface area contributed by atoms with Gasteiger partial charge in [0.2, 0.25) is 0 Å². The summed E-state index contributed by atoms with van der Waals surface area (Å²) in [5.74, 6) is 3.18. The lowest BCUT2D eigenvalue weighted by molar-refractivity contribution is 0.285. The van der Waals surface area contributed by atoms with Crippen LogP contribution in [0.25, 0.3) is 0 Å². The lowest BCUT2D eigenvalue weighted by Gasteiger charge is -2.12. The van der Waals surface area contributed by atoms with Crippen LogP contribution in [0.3, 0.4) is 0 Å². The summed E-state index contributed by atoms with van der Waals surface area (Å²) in [5, 5.41) is 18.2. The molecule has 2 aromatic rings. The topological polar surface area (TPSA) is 63.7 Å². The largest absolute Gasteiger partial charge is 0.486 e. The number of unbranched alkanes of at least 4 members (excludes halogenated alkanes) is 1. The number of nitriles is 1. The molecule has 0 aliphatic carbocycles. The minimum Gasteiger partial charge on any atom is -0.486 e. The Hall–Kier alpha value is -2.00. The van der Waals surface area contributed by atoms with Crippen molar-refractivity contribution < 1.29 is 4.74 Å². The molecule has 0 aliphatic rings. The Morgan fingerprint density at radius 3 is 2.75 bits per heavy atom. The number of hydrogen-bond donors (Lipinski definition) is 0. The molecule has 0 unspecified atom stereocenters. The lowest BCUT2D eigenvalue weighted by atomic mass is 10.1. The van der Waals surface area contributed by atoms with Crippen LogP contribution in [0.2, 0.25) is 0 Å². The van der Waals surface area contributed by atoms with Crippen molar-refractivity contribution in [3.05, 3.63) is 36.2 Å². The van der Waals surface area contributed by atoms with Crippen LogP contribution in [0.15, 0.2) is 35.5 Å². The first-order chi connectivity index (χ1) is 11.7. The molecule has 1 aromatic heterocycles. The summed E-state index contributed by atoms with van der Waals surface area (Å²) in [7, 11) is 0. The van der Waals surface area contributed by atoms with Gasteiger partial charge in [-0.2, -0.15) is 5.26 Å². The minimum atomic E-state index is 0.411. The first-order valence-corrected chi connectivity index (χ1v) is 9.29. The average molecular weight is 344 g/mol. The molecule has 1 aromatic carbocycles. The van der Waals surface area contributed by atoms with Crippen LogP contribution in [-0.4, -0.2) is 20.5 Å². The SMILES string of the molecule is CC(C)CCn1c(COc2ccccc2)nnc1SCCCC#N. The predicted octanol–water partition coefficient (Wildman–Crippen LogP) is 4.30. The standard InChI is InChI=1S/C18H24N4OS/c1-15(2)10-12-22-17(14-23-16-8-4-3-5-9-16)20-21-18(22)24-13-7-6-11-19/h3-5,8-9,15H,6-7,10,12-14H2,1-2H3. The molecule has 0 bridgehead atoms. The van der Waals surface area contributed by atoms with Crippen LogP contribution in [0.5, 0.6) is 5.75 Å². The van der Waals surface area contributed by atoms with E-state index >= 15 is 0 Å². The zero-order chi connectivity index (χ0) is 17.2. The summed E-state index contributed by atoms with van der Waals surface area (Å²) >= 11 is 1.66. The van der Waals surface area contributed by atoms with E-state index in [-0.39, 0.29) is 0 Å². The average Bonchev–Trinajstić information content (AvgIpc) is 2.98. The van der Waals surface area contributed by atoms with E-state index in [0.29, 0.717) is 18.9 Å². The fourth-order valence-corrected chi connectivity index (χ4v) is 3.05. The van der Waals surface area contributed by atoms with Crippen molar-refractivity contribution in [3.63, 3.8) is 0 Å². The van der Waals surface area contributed by atoms with Crippen LogP contribution in [0.1, 0.15) is 38.9 Å². The number of hydrogen-bond acceptors (Lipinski definition) is 5. The van der Waals surface area contributed by atoms with Crippen molar-refractivity contribution in [3.8, 4) is 11.8 Å². The molecular weight excluding hydrogens is 320 g/mol. The highest BCUT2D eigenvalue weighted by molar-refractivity contribution is 7.99. The molecule has 6 heteroatoms. The number of nitrogens with zero attached hydrogens (tertiary/aromatic N) is 4. The second kappa shape index (κ2) is 9.99. The number of ether oxygens (including phenoxy) is 1. The normalized spacial score (nSPS) is 10.8. The van der Waals surface area contributed by atoms with Gasteiger partial charge in [-0.25, -0.2) is 0 Å². The van der Waals surface area contributed by atoms with Gasteiger partial charge in [0.25, 0.3) is 0 Å². The van der Waals surface area contributed by atoms with Crippen molar-refractivity contribution in [1.29, 1.82) is 5.26 Å². The van der Waals surface area contributed by atoms with Gasteiger partial charge < -0.3 is 9.30 Å². The van der Waals surface area contributed by atoms with E-state index in [1.165, 1.54) is 0 Å². The second-order valence-electron chi connectivity index (χ2n) is 5.94. The summed E-state index contributed by atoms with van der Waals surface area (Å²) in [6, 6.07) is 11.9. The zero-order valence-corrected chi connectivity index (χ0v) is 15.1. The number of thioether (sulfide) groups is 1. The first kappa shape index (κ1) is 18.3. The van der Waals surface area contributed by atoms with E-state index in [1.54, 1.807) is 11.8 Å². The van der Waals surface area contributed by atoms with Gasteiger partial charge in [0.1, 0.15) is 12.4 Å². The highest BCUT2D eigenvalue weighted by Gasteiger charge is 2.13. The smallest absolute Gasteiger partial charge is 0.191 e. The summed E-state index contributed by atoms with van der Waals surface area (Å²) in [6.45, 7) is 5.72. The predicted molar refractivity (Wildman–Crippen MR) is 95.8 cm³/mol. The van der Waals surface area contributed by atoms with Crippen molar-refractivity contribution in [2.24, 2.45) is 5.92 Å².